The molecule has 2 heterocycles. The molecule has 15 heavy (non-hydrogen) atoms. The van der Waals surface area contributed by atoms with Crippen molar-refractivity contribution in [2.75, 3.05) is 7.05 Å². The van der Waals surface area contributed by atoms with Gasteiger partial charge in [-0.05, 0) is 0 Å². The van der Waals surface area contributed by atoms with Crippen LogP contribution in [0.2, 0.25) is 0 Å². The second-order valence-electron chi connectivity index (χ2n) is 3.05. The molecule has 1 aromatic rings. The smallest absolute Gasteiger partial charge is 0.279 e. The molecule has 1 aliphatic rings. The van der Waals surface area contributed by atoms with Gasteiger partial charge in [0.1, 0.15) is 12.1 Å². The maximum absolute atomic E-state index is 11.5. The molecule has 74 valence electrons. The number of amides is 1. The van der Waals surface area contributed by atoms with Gasteiger partial charge in [0.25, 0.3) is 5.71 Å². The van der Waals surface area contributed by atoms with E-state index >= 15 is 0 Å². The number of hydrogen-bond acceptors (Lipinski definition) is 4. The summed E-state index contributed by atoms with van der Waals surface area (Å²) < 4.78 is 0. The fourth-order valence-corrected chi connectivity index (χ4v) is 1.16. The van der Waals surface area contributed by atoms with E-state index < -0.39 is 0 Å². The molecule has 1 aliphatic heterocycles. The lowest BCUT2D eigenvalue weighted by atomic mass is 10.1. The number of carbonyl (C=O) groups is 1. The molecule has 2 rings (SSSR count). The zero-order valence-electron chi connectivity index (χ0n) is 8.21. The number of hydrogen-bond donors (Lipinski definition) is 0. The SMILES string of the molecule is C=C1N=C(c2ccncn2)[CH+]C(=O)N1C. The third-order valence-electron chi connectivity index (χ3n) is 2.07. The van der Waals surface area contributed by atoms with Crippen LogP contribution in [0.5, 0.6) is 0 Å². The minimum Gasteiger partial charge on any atom is -0.279 e. The summed E-state index contributed by atoms with van der Waals surface area (Å²) in [7, 11) is 1.63. The Balaban J connectivity index is 2.36. The van der Waals surface area contributed by atoms with E-state index in [2.05, 4.69) is 21.5 Å². The minimum atomic E-state index is -0.149. The fourth-order valence-electron chi connectivity index (χ4n) is 1.16. The van der Waals surface area contributed by atoms with Gasteiger partial charge in [-0.3, -0.25) is 4.90 Å². The molecule has 0 bridgehead atoms. The molecule has 0 aliphatic carbocycles. The first-order chi connectivity index (χ1) is 7.18. The summed E-state index contributed by atoms with van der Waals surface area (Å²) in [5.41, 5.74) is 1.14. The highest BCUT2D eigenvalue weighted by molar-refractivity contribution is 6.20. The Hall–Kier alpha value is -2.17. The van der Waals surface area contributed by atoms with Crippen molar-refractivity contribution in [2.24, 2.45) is 4.99 Å². The van der Waals surface area contributed by atoms with E-state index in [1.807, 2.05) is 0 Å². The summed E-state index contributed by atoms with van der Waals surface area (Å²) >= 11 is 0. The summed E-state index contributed by atoms with van der Waals surface area (Å²) in [6.07, 6.45) is 4.44. The van der Waals surface area contributed by atoms with Gasteiger partial charge in [-0.15, -0.1) is 4.98 Å². The number of rotatable bonds is 1. The summed E-state index contributed by atoms with van der Waals surface area (Å²) in [6.45, 7) is 3.68. The van der Waals surface area contributed by atoms with Crippen molar-refractivity contribution in [3.8, 4) is 0 Å². The largest absolute Gasteiger partial charge is 0.337 e. The summed E-state index contributed by atoms with van der Waals surface area (Å²) in [6, 6.07) is 1.70. The first kappa shape index (κ1) is 9.39. The van der Waals surface area contributed by atoms with E-state index in [4.69, 9.17) is 0 Å². The van der Waals surface area contributed by atoms with Gasteiger partial charge in [0.15, 0.2) is 6.42 Å². The Kier molecular flexibility index (Phi) is 2.21. The quantitative estimate of drug-likeness (QED) is 0.618. The fraction of sp³-hybridized carbons (Fsp3) is 0.100. The molecule has 0 aromatic carbocycles. The first-order valence-electron chi connectivity index (χ1n) is 4.35. The van der Waals surface area contributed by atoms with Crippen LogP contribution in [0.4, 0.5) is 0 Å². The molecule has 0 fully saturated rings. The molecule has 0 unspecified atom stereocenters. The van der Waals surface area contributed by atoms with Gasteiger partial charge in [0.2, 0.25) is 5.69 Å². The van der Waals surface area contributed by atoms with Crippen LogP contribution in [0, 0.1) is 6.42 Å². The van der Waals surface area contributed by atoms with Crippen LogP contribution in [0.3, 0.4) is 0 Å². The van der Waals surface area contributed by atoms with Crippen LogP contribution >= 0.6 is 0 Å². The van der Waals surface area contributed by atoms with Gasteiger partial charge < -0.3 is 0 Å². The van der Waals surface area contributed by atoms with Crippen LogP contribution in [0.15, 0.2) is 36.0 Å². The molecular formula is C10H9N4O+. The minimum absolute atomic E-state index is 0.149. The monoisotopic (exact) mass is 201 g/mol. The van der Waals surface area contributed by atoms with Crippen LogP contribution in [0.25, 0.3) is 0 Å². The molecule has 0 atom stereocenters. The van der Waals surface area contributed by atoms with Crippen LogP contribution in [-0.4, -0.2) is 33.5 Å². The molecule has 5 heteroatoms. The molecule has 0 radical (unpaired) electrons. The second-order valence-corrected chi connectivity index (χ2v) is 3.05. The number of nitrogens with zero attached hydrogens (tertiary/aromatic N) is 4. The second kappa shape index (κ2) is 3.53. The zero-order valence-corrected chi connectivity index (χ0v) is 8.21. The Bertz CT molecular complexity index is 438. The van der Waals surface area contributed by atoms with E-state index in [1.165, 1.54) is 17.6 Å². The average Bonchev–Trinajstić information content (AvgIpc) is 2.26. The Morgan fingerprint density at radius 1 is 1.53 bits per heavy atom. The molecule has 0 spiro atoms. The lowest BCUT2D eigenvalue weighted by Crippen LogP contribution is -2.32. The zero-order chi connectivity index (χ0) is 10.8. The van der Waals surface area contributed by atoms with E-state index in [1.54, 1.807) is 19.3 Å². The highest BCUT2D eigenvalue weighted by Crippen LogP contribution is 2.14. The number of carbonyl (C=O) groups excluding carboxylic acids is 1. The predicted molar refractivity (Wildman–Crippen MR) is 54.8 cm³/mol. The van der Waals surface area contributed by atoms with Gasteiger partial charge in [-0.1, -0.05) is 6.58 Å². The lowest BCUT2D eigenvalue weighted by Gasteiger charge is -2.16. The van der Waals surface area contributed by atoms with Gasteiger partial charge in [-0.2, -0.15) is 4.99 Å². The van der Waals surface area contributed by atoms with Crippen LogP contribution in [0.1, 0.15) is 5.69 Å². The third kappa shape index (κ3) is 1.71. The van der Waals surface area contributed by atoms with Crippen molar-refractivity contribution in [2.45, 2.75) is 0 Å². The maximum atomic E-state index is 11.5. The number of aromatic nitrogens is 2. The molecular weight excluding hydrogens is 192 g/mol. The topological polar surface area (TPSA) is 58.5 Å². The highest BCUT2D eigenvalue weighted by Gasteiger charge is 2.30. The first-order valence-corrected chi connectivity index (χ1v) is 4.35. The van der Waals surface area contributed by atoms with Crippen molar-refractivity contribution in [1.29, 1.82) is 0 Å². The van der Waals surface area contributed by atoms with Gasteiger partial charge in [0.05, 0.1) is 12.3 Å². The molecule has 0 N–H and O–H groups in total. The maximum Gasteiger partial charge on any atom is 0.337 e. The average molecular weight is 201 g/mol. The summed E-state index contributed by atoms with van der Waals surface area (Å²) in [5, 5.41) is 0. The van der Waals surface area contributed by atoms with E-state index in [9.17, 15) is 4.79 Å². The predicted octanol–water partition coefficient (Wildman–Crippen LogP) is 0.413. The standard InChI is InChI=1S/C10H9N4O/c1-7-13-9(5-10(15)14(7)2)8-3-4-11-6-12-8/h3-6H,1H2,2H3/q+1. The summed E-state index contributed by atoms with van der Waals surface area (Å²) in [4.78, 5) is 24.8. The van der Waals surface area contributed by atoms with Crippen molar-refractivity contribution in [1.82, 2.24) is 14.9 Å². The number of aliphatic imine (C=N–C) groups is 1. The molecule has 1 amide bonds. The Morgan fingerprint density at radius 2 is 2.33 bits per heavy atom. The van der Waals surface area contributed by atoms with Crippen molar-refractivity contribution >= 4 is 11.6 Å². The lowest BCUT2D eigenvalue weighted by molar-refractivity contribution is -0.124. The Labute approximate surface area is 87.2 Å². The van der Waals surface area contributed by atoms with E-state index in [-0.39, 0.29) is 5.91 Å². The van der Waals surface area contributed by atoms with E-state index in [0.29, 0.717) is 17.2 Å². The van der Waals surface area contributed by atoms with Crippen LogP contribution in [-0.2, 0) is 4.79 Å². The van der Waals surface area contributed by atoms with Gasteiger partial charge in [0, 0.05) is 7.05 Å². The molecule has 5 nitrogen and oxygen atoms in total. The third-order valence-corrected chi connectivity index (χ3v) is 2.07. The molecule has 1 aromatic heterocycles. The normalized spacial score (nSPS) is 16.1. The van der Waals surface area contributed by atoms with Gasteiger partial charge >= 0.3 is 5.91 Å². The highest BCUT2D eigenvalue weighted by atomic mass is 16.2. The molecule has 0 saturated heterocycles. The molecule has 0 saturated carbocycles. The Morgan fingerprint density at radius 3 is 2.93 bits per heavy atom. The van der Waals surface area contributed by atoms with Gasteiger partial charge in [-0.25, -0.2) is 9.78 Å². The summed E-state index contributed by atoms with van der Waals surface area (Å²) in [5.74, 6) is 0.264. The van der Waals surface area contributed by atoms with Crippen LogP contribution < -0.4 is 0 Å². The van der Waals surface area contributed by atoms with E-state index in [0.717, 1.165) is 0 Å². The van der Waals surface area contributed by atoms with Crippen molar-refractivity contribution in [3.63, 3.8) is 0 Å². The van der Waals surface area contributed by atoms with Crippen molar-refractivity contribution in [3.05, 3.63) is 43.1 Å². The van der Waals surface area contributed by atoms with Crippen molar-refractivity contribution < 1.29 is 4.79 Å².